The first-order valence-electron chi connectivity index (χ1n) is 4.26. The maximum absolute atomic E-state index is 10.7. The molecule has 0 amide bonds. The number of benzene rings is 1. The minimum atomic E-state index is -0.962. The average Bonchev–Trinajstić information content (AvgIpc) is 2.16. The van der Waals surface area contributed by atoms with Crippen LogP contribution in [0.1, 0.15) is 18.4 Å². The summed E-state index contributed by atoms with van der Waals surface area (Å²) in [6, 6.07) is 6.88. The molecule has 0 radical (unpaired) electrons. The monoisotopic (exact) mass is 305 g/mol. The normalized spacial score (nSPS) is 14.8. The molecule has 0 aliphatic heterocycles. The van der Waals surface area contributed by atoms with E-state index in [1.807, 2.05) is 31.2 Å². The number of halogens is 1. The Morgan fingerprint density at radius 1 is 1.43 bits per heavy atom. The van der Waals surface area contributed by atoms with Crippen molar-refractivity contribution in [1.82, 2.24) is 0 Å². The molecular formula is C10H12INO2. The summed E-state index contributed by atoms with van der Waals surface area (Å²) < 4.78 is 1.13. The van der Waals surface area contributed by atoms with Gasteiger partial charge in [0.05, 0.1) is 0 Å². The molecule has 1 rings (SSSR count). The van der Waals surface area contributed by atoms with Crippen LogP contribution in [0.2, 0.25) is 0 Å². The highest BCUT2D eigenvalue weighted by molar-refractivity contribution is 14.1. The van der Waals surface area contributed by atoms with Crippen LogP contribution in [-0.4, -0.2) is 17.1 Å². The molecule has 76 valence electrons. The largest absolute Gasteiger partial charge is 0.480 e. The van der Waals surface area contributed by atoms with Gasteiger partial charge in [-0.15, -0.1) is 0 Å². The topological polar surface area (TPSA) is 63.3 Å². The molecule has 0 heterocycles. The van der Waals surface area contributed by atoms with Gasteiger partial charge in [0.2, 0.25) is 0 Å². The number of hydrogen-bond acceptors (Lipinski definition) is 2. The standard InChI is InChI=1S/C10H12INO2/c1-6(9(12)10(13)14)7-2-4-8(11)5-3-7/h2-6,9H,12H2,1H3,(H,13,14). The van der Waals surface area contributed by atoms with E-state index in [-0.39, 0.29) is 5.92 Å². The van der Waals surface area contributed by atoms with Crippen molar-refractivity contribution in [3.05, 3.63) is 33.4 Å². The highest BCUT2D eigenvalue weighted by atomic mass is 127. The van der Waals surface area contributed by atoms with Gasteiger partial charge < -0.3 is 10.8 Å². The minimum Gasteiger partial charge on any atom is -0.480 e. The first-order valence-corrected chi connectivity index (χ1v) is 5.34. The maximum atomic E-state index is 10.7. The lowest BCUT2D eigenvalue weighted by atomic mass is 9.94. The fourth-order valence-corrected chi connectivity index (χ4v) is 1.55. The molecule has 0 saturated carbocycles. The summed E-state index contributed by atoms with van der Waals surface area (Å²) in [6.45, 7) is 1.82. The fraction of sp³-hybridized carbons (Fsp3) is 0.300. The summed E-state index contributed by atoms with van der Waals surface area (Å²) in [4.78, 5) is 10.7. The molecule has 4 heteroatoms. The molecule has 1 aromatic rings. The lowest BCUT2D eigenvalue weighted by molar-refractivity contribution is -0.139. The van der Waals surface area contributed by atoms with E-state index in [0.717, 1.165) is 9.13 Å². The maximum Gasteiger partial charge on any atom is 0.321 e. The van der Waals surface area contributed by atoms with Gasteiger partial charge in [-0.3, -0.25) is 4.79 Å². The molecule has 2 unspecified atom stereocenters. The number of carbonyl (C=O) groups is 1. The average molecular weight is 305 g/mol. The highest BCUT2D eigenvalue weighted by Crippen LogP contribution is 2.19. The molecule has 3 N–H and O–H groups in total. The first kappa shape index (κ1) is 11.5. The predicted octanol–water partition coefficient (Wildman–Crippen LogP) is 1.81. The van der Waals surface area contributed by atoms with E-state index in [1.165, 1.54) is 0 Å². The zero-order valence-electron chi connectivity index (χ0n) is 7.77. The Balaban J connectivity index is 2.84. The molecule has 2 atom stereocenters. The SMILES string of the molecule is CC(c1ccc(I)cc1)C(N)C(=O)O. The van der Waals surface area contributed by atoms with Crippen molar-refractivity contribution in [3.63, 3.8) is 0 Å². The van der Waals surface area contributed by atoms with Crippen LogP contribution >= 0.6 is 22.6 Å². The zero-order valence-corrected chi connectivity index (χ0v) is 9.93. The van der Waals surface area contributed by atoms with Crippen molar-refractivity contribution in [2.75, 3.05) is 0 Å². The van der Waals surface area contributed by atoms with Crippen LogP contribution in [0.3, 0.4) is 0 Å². The lowest BCUT2D eigenvalue weighted by Crippen LogP contribution is -2.35. The van der Waals surface area contributed by atoms with Crippen LogP contribution in [0.4, 0.5) is 0 Å². The van der Waals surface area contributed by atoms with Gasteiger partial charge in [-0.05, 0) is 40.3 Å². The summed E-state index contributed by atoms with van der Waals surface area (Å²) in [6.07, 6.45) is 0. The Labute approximate surface area is 96.4 Å². The summed E-state index contributed by atoms with van der Waals surface area (Å²) in [5.41, 5.74) is 6.49. The Morgan fingerprint density at radius 3 is 2.36 bits per heavy atom. The van der Waals surface area contributed by atoms with Gasteiger partial charge >= 0.3 is 5.97 Å². The third-order valence-electron chi connectivity index (χ3n) is 2.22. The van der Waals surface area contributed by atoms with Crippen LogP contribution in [0.15, 0.2) is 24.3 Å². The molecule has 14 heavy (non-hydrogen) atoms. The van der Waals surface area contributed by atoms with E-state index in [0.29, 0.717) is 0 Å². The van der Waals surface area contributed by atoms with E-state index in [1.54, 1.807) is 0 Å². The second-order valence-corrected chi connectivity index (χ2v) is 4.45. The van der Waals surface area contributed by atoms with E-state index in [2.05, 4.69) is 22.6 Å². The number of nitrogens with two attached hydrogens (primary N) is 1. The van der Waals surface area contributed by atoms with E-state index < -0.39 is 12.0 Å². The van der Waals surface area contributed by atoms with Gasteiger partial charge in [0.25, 0.3) is 0 Å². The van der Waals surface area contributed by atoms with Gasteiger partial charge in [0.1, 0.15) is 6.04 Å². The number of carboxylic acids is 1. The van der Waals surface area contributed by atoms with Crippen molar-refractivity contribution in [1.29, 1.82) is 0 Å². The molecule has 0 aromatic heterocycles. The lowest BCUT2D eigenvalue weighted by Gasteiger charge is -2.16. The number of carboxylic acid groups (broad SMARTS) is 1. The van der Waals surface area contributed by atoms with E-state index in [4.69, 9.17) is 10.8 Å². The van der Waals surface area contributed by atoms with Gasteiger partial charge in [-0.1, -0.05) is 19.1 Å². The third-order valence-corrected chi connectivity index (χ3v) is 2.94. The third kappa shape index (κ3) is 2.68. The van der Waals surface area contributed by atoms with Crippen LogP contribution < -0.4 is 5.73 Å². The molecule has 3 nitrogen and oxygen atoms in total. The van der Waals surface area contributed by atoms with Crippen LogP contribution in [-0.2, 0) is 4.79 Å². The van der Waals surface area contributed by atoms with Crippen molar-refractivity contribution in [2.24, 2.45) is 5.73 Å². The van der Waals surface area contributed by atoms with E-state index in [9.17, 15) is 4.79 Å². The Hall–Kier alpha value is -0.620. The molecule has 0 spiro atoms. The van der Waals surface area contributed by atoms with E-state index >= 15 is 0 Å². The van der Waals surface area contributed by atoms with Crippen molar-refractivity contribution in [3.8, 4) is 0 Å². The molecular weight excluding hydrogens is 293 g/mol. The summed E-state index contributed by atoms with van der Waals surface area (Å²) in [5, 5.41) is 8.74. The summed E-state index contributed by atoms with van der Waals surface area (Å²) in [7, 11) is 0. The predicted molar refractivity (Wildman–Crippen MR) is 63.2 cm³/mol. The molecule has 0 aliphatic rings. The van der Waals surface area contributed by atoms with Crippen molar-refractivity contribution in [2.45, 2.75) is 18.9 Å². The van der Waals surface area contributed by atoms with Gasteiger partial charge in [0, 0.05) is 9.49 Å². The smallest absolute Gasteiger partial charge is 0.321 e. The second-order valence-electron chi connectivity index (χ2n) is 3.20. The highest BCUT2D eigenvalue weighted by Gasteiger charge is 2.20. The number of hydrogen-bond donors (Lipinski definition) is 2. The molecule has 0 fully saturated rings. The second kappa shape index (κ2) is 4.75. The number of rotatable bonds is 3. The summed E-state index contributed by atoms with van der Waals surface area (Å²) >= 11 is 2.20. The Bertz CT molecular complexity index is 323. The van der Waals surface area contributed by atoms with Crippen LogP contribution in [0, 0.1) is 3.57 Å². The fourth-order valence-electron chi connectivity index (χ4n) is 1.19. The summed E-state index contributed by atoms with van der Waals surface area (Å²) in [5.74, 6) is -1.12. The quantitative estimate of drug-likeness (QED) is 0.837. The van der Waals surface area contributed by atoms with Crippen molar-refractivity contribution >= 4 is 28.6 Å². The van der Waals surface area contributed by atoms with Gasteiger partial charge in [0.15, 0.2) is 0 Å². The van der Waals surface area contributed by atoms with Crippen LogP contribution in [0.25, 0.3) is 0 Å². The minimum absolute atomic E-state index is 0.163. The zero-order chi connectivity index (χ0) is 10.7. The molecule has 0 bridgehead atoms. The van der Waals surface area contributed by atoms with Gasteiger partial charge in [-0.2, -0.15) is 0 Å². The molecule has 0 saturated heterocycles. The van der Waals surface area contributed by atoms with Crippen LogP contribution in [0.5, 0.6) is 0 Å². The first-order chi connectivity index (χ1) is 6.52. The van der Waals surface area contributed by atoms with Gasteiger partial charge in [-0.25, -0.2) is 0 Å². The number of aliphatic carboxylic acids is 1. The molecule has 0 aliphatic carbocycles. The molecule has 1 aromatic carbocycles. The van der Waals surface area contributed by atoms with Crippen molar-refractivity contribution < 1.29 is 9.90 Å². The Kier molecular flexibility index (Phi) is 3.88. The Morgan fingerprint density at radius 2 is 1.93 bits per heavy atom.